The van der Waals surface area contributed by atoms with Crippen LogP contribution >= 0.6 is 0 Å². The van der Waals surface area contributed by atoms with Crippen LogP contribution in [0.5, 0.6) is 5.88 Å². The number of nitrogens with one attached hydrogen (secondary N) is 1. The fourth-order valence-electron chi connectivity index (χ4n) is 2.91. The molecule has 0 bridgehead atoms. The number of ether oxygens (including phenoxy) is 1. The number of anilines is 1. The number of amides is 1. The summed E-state index contributed by atoms with van der Waals surface area (Å²) in [5.41, 5.74) is 2.01. The Hall–Kier alpha value is -2.77. The first-order valence-electron chi connectivity index (χ1n) is 8.69. The summed E-state index contributed by atoms with van der Waals surface area (Å²) in [7, 11) is 0. The number of nitrogens with zero attached hydrogens (tertiary/aromatic N) is 2. The summed E-state index contributed by atoms with van der Waals surface area (Å²) in [6.45, 7) is 0.866. The quantitative estimate of drug-likeness (QED) is 0.834. The van der Waals surface area contributed by atoms with Crippen LogP contribution in [0.2, 0.25) is 0 Å². The number of carbonyl (C=O) groups is 1. The SMILES string of the molecule is O=C(NCc1ccc(N2CCCC2)cc1)c1cccnc1OCC(F)(F)F. The van der Waals surface area contributed by atoms with Crippen molar-refractivity contribution < 1.29 is 22.7 Å². The van der Waals surface area contributed by atoms with Gasteiger partial charge < -0.3 is 15.0 Å². The van der Waals surface area contributed by atoms with Gasteiger partial charge in [0.15, 0.2) is 6.61 Å². The topological polar surface area (TPSA) is 54.5 Å². The molecule has 1 aromatic heterocycles. The second-order valence-corrected chi connectivity index (χ2v) is 6.30. The van der Waals surface area contributed by atoms with Gasteiger partial charge in [0, 0.05) is 31.5 Å². The van der Waals surface area contributed by atoms with Crippen LogP contribution in [0.3, 0.4) is 0 Å². The van der Waals surface area contributed by atoms with Gasteiger partial charge in [0.1, 0.15) is 5.56 Å². The molecule has 1 amide bonds. The molecule has 1 aromatic carbocycles. The molecule has 1 fully saturated rings. The zero-order valence-corrected chi connectivity index (χ0v) is 14.6. The first-order valence-corrected chi connectivity index (χ1v) is 8.69. The molecule has 0 unspecified atom stereocenters. The third-order valence-corrected chi connectivity index (χ3v) is 4.25. The molecule has 0 radical (unpaired) electrons. The highest BCUT2D eigenvalue weighted by molar-refractivity contribution is 5.96. The van der Waals surface area contributed by atoms with Crippen LogP contribution in [0, 0.1) is 0 Å². The van der Waals surface area contributed by atoms with Gasteiger partial charge in [-0.2, -0.15) is 13.2 Å². The Labute approximate surface area is 155 Å². The zero-order valence-electron chi connectivity index (χ0n) is 14.6. The maximum Gasteiger partial charge on any atom is 0.422 e. The molecule has 2 heterocycles. The van der Waals surface area contributed by atoms with E-state index in [0.717, 1.165) is 24.3 Å². The first-order chi connectivity index (χ1) is 12.9. The summed E-state index contributed by atoms with van der Waals surface area (Å²) in [5, 5.41) is 2.69. The number of pyridine rings is 1. The minimum atomic E-state index is -4.50. The van der Waals surface area contributed by atoms with Crippen molar-refractivity contribution in [3.8, 4) is 5.88 Å². The summed E-state index contributed by atoms with van der Waals surface area (Å²) in [6.07, 6.45) is -0.828. The van der Waals surface area contributed by atoms with Gasteiger partial charge >= 0.3 is 6.18 Å². The number of hydrogen-bond donors (Lipinski definition) is 1. The lowest BCUT2D eigenvalue weighted by atomic mass is 10.2. The number of carbonyl (C=O) groups excluding carboxylic acids is 1. The molecule has 0 atom stereocenters. The van der Waals surface area contributed by atoms with Crippen LogP contribution in [-0.4, -0.2) is 36.8 Å². The molecule has 2 aromatic rings. The monoisotopic (exact) mass is 379 g/mol. The second kappa shape index (κ2) is 8.28. The highest BCUT2D eigenvalue weighted by Crippen LogP contribution is 2.21. The molecule has 27 heavy (non-hydrogen) atoms. The van der Waals surface area contributed by atoms with Gasteiger partial charge in [0.05, 0.1) is 0 Å². The van der Waals surface area contributed by atoms with Gasteiger partial charge in [-0.25, -0.2) is 4.98 Å². The number of benzene rings is 1. The first kappa shape index (κ1) is 19.0. The van der Waals surface area contributed by atoms with Crippen LogP contribution in [0.15, 0.2) is 42.6 Å². The van der Waals surface area contributed by atoms with Gasteiger partial charge in [-0.3, -0.25) is 4.79 Å². The van der Waals surface area contributed by atoms with E-state index in [1.165, 1.54) is 31.2 Å². The molecule has 8 heteroatoms. The Morgan fingerprint density at radius 2 is 1.85 bits per heavy atom. The highest BCUT2D eigenvalue weighted by Gasteiger charge is 2.29. The van der Waals surface area contributed by atoms with Gasteiger partial charge in [-0.1, -0.05) is 12.1 Å². The molecule has 1 aliphatic rings. The van der Waals surface area contributed by atoms with E-state index in [1.807, 2.05) is 24.3 Å². The number of rotatable bonds is 6. The molecule has 5 nitrogen and oxygen atoms in total. The van der Waals surface area contributed by atoms with Crippen LogP contribution in [0.25, 0.3) is 0 Å². The number of aromatic nitrogens is 1. The average Bonchev–Trinajstić information content (AvgIpc) is 3.19. The normalized spacial score (nSPS) is 14.3. The second-order valence-electron chi connectivity index (χ2n) is 6.30. The van der Waals surface area contributed by atoms with E-state index in [-0.39, 0.29) is 18.0 Å². The number of hydrogen-bond acceptors (Lipinski definition) is 4. The average molecular weight is 379 g/mol. The summed E-state index contributed by atoms with van der Waals surface area (Å²) >= 11 is 0. The molecule has 3 rings (SSSR count). The standard InChI is InChI=1S/C19H20F3N3O2/c20-19(21,22)13-27-18-16(4-3-9-23-18)17(26)24-12-14-5-7-15(8-6-14)25-10-1-2-11-25/h3-9H,1-2,10-13H2,(H,24,26). The summed E-state index contributed by atoms with van der Waals surface area (Å²) < 4.78 is 41.6. The van der Waals surface area contributed by atoms with E-state index in [9.17, 15) is 18.0 Å². The van der Waals surface area contributed by atoms with Crippen molar-refractivity contribution in [2.45, 2.75) is 25.6 Å². The molecule has 144 valence electrons. The Bertz CT molecular complexity index is 773. The van der Waals surface area contributed by atoms with E-state index < -0.39 is 18.7 Å². The molecule has 1 saturated heterocycles. The Morgan fingerprint density at radius 3 is 2.52 bits per heavy atom. The van der Waals surface area contributed by atoms with Crippen molar-refractivity contribution in [1.29, 1.82) is 0 Å². The van der Waals surface area contributed by atoms with E-state index in [4.69, 9.17) is 0 Å². The lowest BCUT2D eigenvalue weighted by Gasteiger charge is -2.17. The minimum Gasteiger partial charge on any atom is -0.467 e. The van der Waals surface area contributed by atoms with Crippen molar-refractivity contribution in [1.82, 2.24) is 10.3 Å². The van der Waals surface area contributed by atoms with Gasteiger partial charge in [0.25, 0.3) is 5.91 Å². The van der Waals surface area contributed by atoms with Gasteiger partial charge in [-0.05, 0) is 42.7 Å². The molecule has 0 spiro atoms. The van der Waals surface area contributed by atoms with Crippen molar-refractivity contribution in [2.24, 2.45) is 0 Å². The van der Waals surface area contributed by atoms with Gasteiger partial charge in [-0.15, -0.1) is 0 Å². The van der Waals surface area contributed by atoms with Crippen LogP contribution in [-0.2, 0) is 6.54 Å². The molecular weight excluding hydrogens is 359 g/mol. The van der Waals surface area contributed by atoms with Crippen molar-refractivity contribution >= 4 is 11.6 Å². The van der Waals surface area contributed by atoms with Gasteiger partial charge in [0.2, 0.25) is 5.88 Å². The van der Waals surface area contributed by atoms with E-state index >= 15 is 0 Å². The zero-order chi connectivity index (χ0) is 19.3. The molecular formula is C19H20F3N3O2. The summed E-state index contributed by atoms with van der Waals surface area (Å²) in [4.78, 5) is 18.4. The van der Waals surface area contributed by atoms with Crippen LogP contribution in [0.1, 0.15) is 28.8 Å². The molecule has 0 saturated carbocycles. The third kappa shape index (κ3) is 5.35. The maximum absolute atomic E-state index is 12.3. The fraction of sp³-hybridized carbons (Fsp3) is 0.368. The number of halogens is 3. The van der Waals surface area contributed by atoms with Crippen molar-refractivity contribution in [3.05, 3.63) is 53.7 Å². The molecule has 1 N–H and O–H groups in total. The predicted molar refractivity (Wildman–Crippen MR) is 94.8 cm³/mol. The predicted octanol–water partition coefficient (Wildman–Crippen LogP) is 3.55. The van der Waals surface area contributed by atoms with Crippen molar-refractivity contribution in [2.75, 3.05) is 24.6 Å². The number of alkyl halides is 3. The maximum atomic E-state index is 12.3. The Morgan fingerprint density at radius 1 is 1.15 bits per heavy atom. The minimum absolute atomic E-state index is 0.0320. The Balaban J connectivity index is 1.59. The van der Waals surface area contributed by atoms with Crippen LogP contribution < -0.4 is 15.0 Å². The van der Waals surface area contributed by atoms with Crippen LogP contribution in [0.4, 0.5) is 18.9 Å². The largest absolute Gasteiger partial charge is 0.467 e. The summed E-state index contributed by atoms with van der Waals surface area (Å²) in [6, 6.07) is 10.7. The summed E-state index contributed by atoms with van der Waals surface area (Å²) in [5.74, 6) is -0.874. The van der Waals surface area contributed by atoms with E-state index in [2.05, 4.69) is 19.9 Å². The van der Waals surface area contributed by atoms with E-state index in [1.54, 1.807) is 0 Å². The lowest BCUT2D eigenvalue weighted by molar-refractivity contribution is -0.154. The van der Waals surface area contributed by atoms with E-state index in [0.29, 0.717) is 0 Å². The highest BCUT2D eigenvalue weighted by atomic mass is 19.4. The third-order valence-electron chi connectivity index (χ3n) is 4.25. The smallest absolute Gasteiger partial charge is 0.422 e. The van der Waals surface area contributed by atoms with Crippen molar-refractivity contribution in [3.63, 3.8) is 0 Å². The molecule has 1 aliphatic heterocycles. The lowest BCUT2D eigenvalue weighted by Crippen LogP contribution is -2.25. The fourth-order valence-corrected chi connectivity index (χ4v) is 2.91. The Kier molecular flexibility index (Phi) is 5.83. The molecule has 0 aliphatic carbocycles.